The molecule has 0 saturated carbocycles. The third kappa shape index (κ3) is 4.01. The molecule has 0 heterocycles. The van der Waals surface area contributed by atoms with E-state index >= 15 is 0 Å². The molecular weight excluding hydrogens is 158 g/mol. The number of hydrogen-bond acceptors (Lipinski definition) is 4. The van der Waals surface area contributed by atoms with Gasteiger partial charge in [0.2, 0.25) is 0 Å². The van der Waals surface area contributed by atoms with Gasteiger partial charge >= 0.3 is 0 Å². The molecule has 0 fully saturated rings. The van der Waals surface area contributed by atoms with Crippen molar-refractivity contribution in [3.63, 3.8) is 0 Å². The van der Waals surface area contributed by atoms with Crippen LogP contribution in [0.25, 0.3) is 0 Å². The third-order valence-electron chi connectivity index (χ3n) is 1.74. The van der Waals surface area contributed by atoms with E-state index in [1.165, 1.54) is 0 Å². The third-order valence-corrected chi connectivity index (χ3v) is 1.74. The highest BCUT2D eigenvalue weighted by molar-refractivity contribution is 4.76. The first-order valence-electron chi connectivity index (χ1n) is 4.23. The predicted molar refractivity (Wildman–Crippen MR) is 46.5 cm³/mol. The summed E-state index contributed by atoms with van der Waals surface area (Å²) in [6.45, 7) is 3.84. The van der Waals surface area contributed by atoms with Gasteiger partial charge in [-0.25, -0.2) is 0 Å². The zero-order chi connectivity index (χ0) is 9.72. The molecular formula is C8H19NO3. The van der Waals surface area contributed by atoms with Gasteiger partial charge in [0.15, 0.2) is 0 Å². The molecule has 0 amide bonds. The molecule has 0 spiro atoms. The number of hydrogen-bond donors (Lipinski definition) is 4. The minimum atomic E-state index is -1.13. The molecule has 0 aliphatic rings. The minimum absolute atomic E-state index is 0.0314. The highest BCUT2D eigenvalue weighted by Gasteiger charge is 2.23. The normalized spacial score (nSPS) is 19.2. The zero-order valence-corrected chi connectivity index (χ0v) is 7.64. The molecule has 0 aromatic carbocycles. The topological polar surface area (TPSA) is 86.7 Å². The Balaban J connectivity index is 3.83. The molecule has 4 heteroatoms. The van der Waals surface area contributed by atoms with Crippen LogP contribution in [0.4, 0.5) is 0 Å². The summed E-state index contributed by atoms with van der Waals surface area (Å²) in [4.78, 5) is 0. The monoisotopic (exact) mass is 177 g/mol. The van der Waals surface area contributed by atoms with Gasteiger partial charge in [-0.05, 0) is 12.3 Å². The maximum Gasteiger partial charge on any atom is 0.107 e. The van der Waals surface area contributed by atoms with Gasteiger partial charge in [-0.2, -0.15) is 0 Å². The van der Waals surface area contributed by atoms with Gasteiger partial charge in [0.1, 0.15) is 6.10 Å². The molecule has 0 rings (SSSR count). The second-order valence-corrected chi connectivity index (χ2v) is 3.49. The summed E-state index contributed by atoms with van der Waals surface area (Å²) < 4.78 is 0. The van der Waals surface area contributed by atoms with Crippen molar-refractivity contribution in [1.29, 1.82) is 0 Å². The van der Waals surface area contributed by atoms with Crippen LogP contribution in [-0.4, -0.2) is 40.2 Å². The fourth-order valence-electron chi connectivity index (χ4n) is 1.02. The smallest absolute Gasteiger partial charge is 0.107 e. The van der Waals surface area contributed by atoms with Crippen molar-refractivity contribution >= 4 is 0 Å². The molecule has 0 aliphatic carbocycles. The maximum absolute atomic E-state index is 9.32. The van der Waals surface area contributed by atoms with E-state index in [9.17, 15) is 10.2 Å². The second-order valence-electron chi connectivity index (χ2n) is 3.49. The Hall–Kier alpha value is -0.160. The van der Waals surface area contributed by atoms with Crippen molar-refractivity contribution in [2.75, 3.05) is 6.54 Å². The van der Waals surface area contributed by atoms with E-state index in [4.69, 9.17) is 10.8 Å². The van der Waals surface area contributed by atoms with E-state index in [0.29, 0.717) is 12.3 Å². The Bertz CT molecular complexity index is 119. The molecule has 2 unspecified atom stereocenters. The van der Waals surface area contributed by atoms with Gasteiger partial charge in [-0.3, -0.25) is 0 Å². The minimum Gasteiger partial charge on any atom is -0.390 e. The lowest BCUT2D eigenvalue weighted by Gasteiger charge is -2.22. The number of aliphatic hydroxyl groups is 3. The first-order chi connectivity index (χ1) is 5.49. The molecule has 0 radical (unpaired) electrons. The van der Waals surface area contributed by atoms with Gasteiger partial charge in [-0.15, -0.1) is 0 Å². The molecule has 0 aromatic rings. The maximum atomic E-state index is 9.32. The van der Waals surface area contributed by atoms with Crippen LogP contribution >= 0.6 is 0 Å². The Labute approximate surface area is 73.0 Å². The lowest BCUT2D eigenvalue weighted by molar-refractivity contribution is -0.0614. The molecule has 0 aromatic heterocycles. The molecule has 4 nitrogen and oxygen atoms in total. The van der Waals surface area contributed by atoms with Crippen LogP contribution in [0.1, 0.15) is 20.3 Å². The summed E-state index contributed by atoms with van der Waals surface area (Å²) in [5, 5.41) is 27.7. The SMILES string of the molecule is CC(C)C[C@@H](O)C(O)C(O)CN. The lowest BCUT2D eigenvalue weighted by Crippen LogP contribution is -2.42. The van der Waals surface area contributed by atoms with E-state index in [2.05, 4.69) is 0 Å². The summed E-state index contributed by atoms with van der Waals surface area (Å²) in [5.41, 5.74) is 5.12. The van der Waals surface area contributed by atoms with Crippen LogP contribution < -0.4 is 5.73 Å². The second kappa shape index (κ2) is 5.48. The van der Waals surface area contributed by atoms with Gasteiger partial charge < -0.3 is 21.1 Å². The van der Waals surface area contributed by atoms with E-state index in [1.807, 2.05) is 13.8 Å². The van der Waals surface area contributed by atoms with E-state index in [-0.39, 0.29) is 6.54 Å². The van der Waals surface area contributed by atoms with Crippen molar-refractivity contribution in [2.24, 2.45) is 11.7 Å². The van der Waals surface area contributed by atoms with Crippen molar-refractivity contribution < 1.29 is 15.3 Å². The Kier molecular flexibility index (Phi) is 5.41. The van der Waals surface area contributed by atoms with Crippen molar-refractivity contribution in [2.45, 2.75) is 38.6 Å². The van der Waals surface area contributed by atoms with Crippen LogP contribution in [0.5, 0.6) is 0 Å². The zero-order valence-electron chi connectivity index (χ0n) is 7.64. The molecule has 0 saturated heterocycles. The summed E-state index contributed by atoms with van der Waals surface area (Å²) in [6.07, 6.45) is -2.57. The fourth-order valence-corrected chi connectivity index (χ4v) is 1.02. The van der Waals surface area contributed by atoms with Crippen LogP contribution in [0.15, 0.2) is 0 Å². The van der Waals surface area contributed by atoms with Crippen LogP contribution in [-0.2, 0) is 0 Å². The van der Waals surface area contributed by atoms with Crippen LogP contribution in [0, 0.1) is 5.92 Å². The number of rotatable bonds is 5. The predicted octanol–water partition coefficient (Wildman–Crippen LogP) is -0.926. The van der Waals surface area contributed by atoms with Gasteiger partial charge in [0.25, 0.3) is 0 Å². The Morgan fingerprint density at radius 3 is 1.92 bits per heavy atom. The molecule has 0 aliphatic heterocycles. The standard InChI is InChI=1S/C8H19NO3/c1-5(2)3-6(10)8(12)7(11)4-9/h5-8,10-12H,3-4,9H2,1-2H3/t6-,7?,8?/m1/s1. The van der Waals surface area contributed by atoms with E-state index < -0.39 is 18.3 Å². The number of nitrogens with two attached hydrogens (primary N) is 1. The fraction of sp³-hybridized carbons (Fsp3) is 1.00. The Morgan fingerprint density at radius 2 is 1.58 bits per heavy atom. The molecule has 5 N–H and O–H groups in total. The molecule has 3 atom stereocenters. The van der Waals surface area contributed by atoms with Gasteiger partial charge in [0, 0.05) is 6.54 Å². The van der Waals surface area contributed by atoms with Crippen molar-refractivity contribution in [3.05, 3.63) is 0 Å². The van der Waals surface area contributed by atoms with E-state index in [1.54, 1.807) is 0 Å². The average molecular weight is 177 g/mol. The first kappa shape index (κ1) is 11.8. The summed E-state index contributed by atoms with van der Waals surface area (Å²) >= 11 is 0. The molecule has 0 bridgehead atoms. The highest BCUT2D eigenvalue weighted by atomic mass is 16.4. The van der Waals surface area contributed by atoms with Crippen molar-refractivity contribution in [3.8, 4) is 0 Å². The lowest BCUT2D eigenvalue weighted by atomic mass is 9.99. The van der Waals surface area contributed by atoms with Crippen molar-refractivity contribution in [1.82, 2.24) is 0 Å². The summed E-state index contributed by atoms with van der Waals surface area (Å²) in [5.74, 6) is 0.291. The first-order valence-corrected chi connectivity index (χ1v) is 4.23. The van der Waals surface area contributed by atoms with Crippen LogP contribution in [0.2, 0.25) is 0 Å². The quantitative estimate of drug-likeness (QED) is 0.437. The Morgan fingerprint density at radius 1 is 1.08 bits per heavy atom. The largest absolute Gasteiger partial charge is 0.390 e. The average Bonchev–Trinajstić information content (AvgIpc) is 2.00. The summed E-state index contributed by atoms with van der Waals surface area (Å²) in [7, 11) is 0. The van der Waals surface area contributed by atoms with Crippen LogP contribution in [0.3, 0.4) is 0 Å². The summed E-state index contributed by atoms with van der Waals surface area (Å²) in [6, 6.07) is 0. The highest BCUT2D eigenvalue weighted by Crippen LogP contribution is 2.10. The van der Waals surface area contributed by atoms with Gasteiger partial charge in [0.05, 0.1) is 12.2 Å². The molecule has 74 valence electrons. The van der Waals surface area contributed by atoms with Gasteiger partial charge in [-0.1, -0.05) is 13.8 Å². The number of aliphatic hydroxyl groups excluding tert-OH is 3. The van der Waals surface area contributed by atoms with E-state index in [0.717, 1.165) is 0 Å². The molecule has 12 heavy (non-hydrogen) atoms.